The summed E-state index contributed by atoms with van der Waals surface area (Å²) in [7, 11) is 1.28. The van der Waals surface area contributed by atoms with Gasteiger partial charge in [0, 0.05) is 6.54 Å². The van der Waals surface area contributed by atoms with Crippen LogP contribution in [0.2, 0.25) is 0 Å². The minimum atomic E-state index is -1.38. The molecule has 1 fully saturated rings. The number of hydrogen-bond donors (Lipinski definition) is 1. The van der Waals surface area contributed by atoms with Crippen molar-refractivity contribution in [3.8, 4) is 0 Å². The first-order valence-electron chi connectivity index (χ1n) is 10.7. The Kier molecular flexibility index (Phi) is 8.54. The molecular weight excluding hydrogens is 447 g/mol. The minimum absolute atomic E-state index is 0. The summed E-state index contributed by atoms with van der Waals surface area (Å²) in [6.45, 7) is 2.45. The van der Waals surface area contributed by atoms with Gasteiger partial charge in [0.05, 0.1) is 43.4 Å². The molecule has 2 aromatic carbocycles. The summed E-state index contributed by atoms with van der Waals surface area (Å²) in [4.78, 5) is 37.6. The fourth-order valence-corrected chi connectivity index (χ4v) is 4.52. The van der Waals surface area contributed by atoms with Crippen LogP contribution in [0.4, 0.5) is 4.79 Å². The van der Waals surface area contributed by atoms with E-state index in [2.05, 4.69) is 10.1 Å². The van der Waals surface area contributed by atoms with Gasteiger partial charge in [0.1, 0.15) is 0 Å². The van der Waals surface area contributed by atoms with Crippen LogP contribution < -0.4 is 40.0 Å². The fraction of sp³-hybridized carbons (Fsp3) is 0.320. The summed E-state index contributed by atoms with van der Waals surface area (Å²) < 4.78 is 10.5. The number of nitrogens with zero attached hydrogens (tertiary/aromatic N) is 1. The maximum atomic E-state index is 12.9. The van der Waals surface area contributed by atoms with Gasteiger partial charge in [-0.1, -0.05) is 48.5 Å². The Hall–Kier alpha value is -2.65. The molecule has 1 N–H and O–H groups in total. The third kappa shape index (κ3) is 5.20. The van der Waals surface area contributed by atoms with Crippen LogP contribution in [0.25, 0.3) is 5.57 Å². The molecule has 2 aliphatic rings. The molecule has 2 heterocycles. The Morgan fingerprint density at radius 2 is 1.85 bits per heavy atom. The van der Waals surface area contributed by atoms with Gasteiger partial charge < -0.3 is 29.6 Å². The Balaban J connectivity index is 0.00000324. The van der Waals surface area contributed by atoms with Crippen LogP contribution in [0.3, 0.4) is 0 Å². The molecule has 4 rings (SSSR count). The third-order valence-corrected chi connectivity index (χ3v) is 6.16. The Bertz CT molecular complexity index is 1100. The first-order chi connectivity index (χ1) is 15.9. The predicted octanol–water partition coefficient (Wildman–Crippen LogP) is -1.16. The molecule has 0 aromatic heterocycles. The quantitative estimate of drug-likeness (QED) is 0.384. The number of nitrogens with one attached hydrogen (secondary N) is 1. The average molecular weight is 472 g/mol. The number of methoxy groups -OCH3 is 1. The number of fused-ring (bicyclic) bond motifs is 1. The van der Waals surface area contributed by atoms with Crippen molar-refractivity contribution in [3.05, 3.63) is 77.0 Å². The number of β-lactam (4-membered cyclic amide) rings is 1. The van der Waals surface area contributed by atoms with Crippen LogP contribution in [0, 0.1) is 5.92 Å². The second-order valence-electron chi connectivity index (χ2n) is 8.17. The minimum Gasteiger partial charge on any atom is -0.543 e. The first kappa shape index (κ1) is 26.0. The molecule has 0 unspecified atom stereocenters. The van der Waals surface area contributed by atoms with Gasteiger partial charge in [0.2, 0.25) is 5.91 Å². The Morgan fingerprint density at radius 3 is 2.53 bits per heavy atom. The maximum Gasteiger partial charge on any atom is 1.00 e. The number of amides is 2. The van der Waals surface area contributed by atoms with Crippen LogP contribution in [-0.2, 0) is 32.2 Å². The zero-order chi connectivity index (χ0) is 23.5. The first-order valence-corrected chi connectivity index (χ1v) is 10.7. The third-order valence-electron chi connectivity index (χ3n) is 6.16. The van der Waals surface area contributed by atoms with Gasteiger partial charge >= 0.3 is 35.7 Å². The van der Waals surface area contributed by atoms with Crippen molar-refractivity contribution in [1.82, 2.24) is 10.2 Å². The number of alkyl carbamates (subject to hydrolysis) is 1. The van der Waals surface area contributed by atoms with Gasteiger partial charge in [0.25, 0.3) is 0 Å². The van der Waals surface area contributed by atoms with Crippen molar-refractivity contribution in [2.24, 2.45) is 5.92 Å². The normalized spacial score (nSPS) is 19.6. The molecule has 172 valence electrons. The summed E-state index contributed by atoms with van der Waals surface area (Å²) in [5.41, 5.74) is 2.92. The number of carbonyl (C=O) groups is 3. The second kappa shape index (κ2) is 11.2. The molecule has 2 aromatic rings. The summed E-state index contributed by atoms with van der Waals surface area (Å²) in [6.07, 6.45) is -0.526. The molecule has 8 nitrogen and oxygen atoms in total. The van der Waals surface area contributed by atoms with E-state index in [0.717, 1.165) is 11.1 Å². The molecule has 0 saturated carbocycles. The van der Waals surface area contributed by atoms with Crippen molar-refractivity contribution < 1.29 is 58.5 Å². The molecule has 0 aliphatic carbocycles. The predicted molar refractivity (Wildman–Crippen MR) is 117 cm³/mol. The molecule has 1 saturated heterocycles. The van der Waals surface area contributed by atoms with E-state index in [9.17, 15) is 19.5 Å². The van der Waals surface area contributed by atoms with Crippen molar-refractivity contribution in [2.45, 2.75) is 38.6 Å². The standard InChI is InChI=1S/C25H26N2O6.Na/c1-15(33-14-16-7-4-3-5-8-16)21-20-12-19(22(24(29)30)27(20)23(21)28)18-10-6-9-17(11-18)13-26-25(31)32-2;/h3-11,15,20-21H,12-14H2,1-2H3,(H,26,31)(H,29,30);/q;+1/p-1/t15-,20-,21-;/m1./s1. The summed E-state index contributed by atoms with van der Waals surface area (Å²) in [5, 5.41) is 14.6. The van der Waals surface area contributed by atoms with Crippen LogP contribution in [0.15, 0.2) is 60.3 Å². The molecule has 0 bridgehead atoms. The van der Waals surface area contributed by atoms with Gasteiger partial charge in [-0.2, -0.15) is 0 Å². The van der Waals surface area contributed by atoms with Gasteiger partial charge in [0.15, 0.2) is 0 Å². The molecule has 34 heavy (non-hydrogen) atoms. The smallest absolute Gasteiger partial charge is 0.543 e. The van der Waals surface area contributed by atoms with Gasteiger partial charge in [-0.15, -0.1) is 0 Å². The average Bonchev–Trinajstić information content (AvgIpc) is 3.17. The zero-order valence-electron chi connectivity index (χ0n) is 19.4. The van der Waals surface area contributed by atoms with Crippen molar-refractivity contribution in [2.75, 3.05) is 7.11 Å². The monoisotopic (exact) mass is 472 g/mol. The van der Waals surface area contributed by atoms with Gasteiger partial charge in [-0.25, -0.2) is 4.79 Å². The number of carboxylic acids is 1. The fourth-order valence-electron chi connectivity index (χ4n) is 4.52. The molecule has 2 amide bonds. The molecule has 9 heteroatoms. The van der Waals surface area contributed by atoms with Crippen molar-refractivity contribution >= 4 is 23.5 Å². The number of benzene rings is 2. The topological polar surface area (TPSA) is 108 Å². The van der Waals surface area contributed by atoms with E-state index < -0.39 is 18.0 Å². The number of rotatable bonds is 8. The largest absolute Gasteiger partial charge is 1.00 e. The zero-order valence-corrected chi connectivity index (χ0v) is 21.4. The van der Waals surface area contributed by atoms with Crippen LogP contribution in [0.1, 0.15) is 30.0 Å². The summed E-state index contributed by atoms with van der Waals surface area (Å²) in [5.74, 6) is -2.07. The van der Waals surface area contributed by atoms with Crippen LogP contribution >= 0.6 is 0 Å². The van der Waals surface area contributed by atoms with Gasteiger partial charge in [-0.05, 0) is 41.7 Å². The number of carbonyl (C=O) groups excluding carboxylic acids is 3. The van der Waals surface area contributed by atoms with E-state index >= 15 is 0 Å². The van der Waals surface area contributed by atoms with Gasteiger partial charge in [-0.3, -0.25) is 4.79 Å². The molecule has 0 radical (unpaired) electrons. The molecule has 0 spiro atoms. The van der Waals surface area contributed by atoms with Crippen molar-refractivity contribution in [1.29, 1.82) is 0 Å². The van der Waals surface area contributed by atoms with Crippen LogP contribution in [-0.4, -0.2) is 42.1 Å². The number of aliphatic carboxylic acids is 1. The number of hydrogen-bond acceptors (Lipinski definition) is 6. The molecule has 3 atom stereocenters. The summed E-state index contributed by atoms with van der Waals surface area (Å²) >= 11 is 0. The van der Waals surface area contributed by atoms with E-state index in [1.165, 1.54) is 12.0 Å². The van der Waals surface area contributed by atoms with E-state index in [-0.39, 0.29) is 59.9 Å². The van der Waals surface area contributed by atoms with Crippen LogP contribution in [0.5, 0.6) is 0 Å². The second-order valence-corrected chi connectivity index (χ2v) is 8.17. The van der Waals surface area contributed by atoms with E-state index in [0.29, 0.717) is 24.2 Å². The van der Waals surface area contributed by atoms with E-state index in [1.54, 1.807) is 18.2 Å². The summed E-state index contributed by atoms with van der Waals surface area (Å²) in [6, 6.07) is 16.6. The van der Waals surface area contributed by atoms with E-state index in [1.807, 2.05) is 43.3 Å². The molecule has 2 aliphatic heterocycles. The maximum absolute atomic E-state index is 12.9. The SMILES string of the molecule is COC(=O)NCc1cccc(C2=C(C(=O)[O-])N3C(=O)[C@H]([C@@H](C)OCc4ccccc4)[C@H]3C2)c1.[Na+]. The molecular formula is C25H25N2NaO6. The number of ether oxygens (including phenoxy) is 2. The number of carboxylic acid groups (broad SMARTS) is 1. The van der Waals surface area contributed by atoms with E-state index in [4.69, 9.17) is 4.74 Å². The Labute approximate surface area is 220 Å². The Morgan fingerprint density at radius 1 is 1.15 bits per heavy atom. The van der Waals surface area contributed by atoms with Crippen molar-refractivity contribution in [3.63, 3.8) is 0 Å².